The van der Waals surface area contributed by atoms with Crippen molar-refractivity contribution in [3.63, 3.8) is 0 Å². The summed E-state index contributed by atoms with van der Waals surface area (Å²) >= 11 is 0. The summed E-state index contributed by atoms with van der Waals surface area (Å²) in [7, 11) is -3.82. The van der Waals surface area contributed by atoms with Crippen molar-refractivity contribution in [3.05, 3.63) is 0 Å². The minimum Gasteiger partial charge on any atom is -0.449 e. The van der Waals surface area contributed by atoms with Crippen LogP contribution in [0.5, 0.6) is 0 Å². The van der Waals surface area contributed by atoms with Gasteiger partial charge < -0.3 is 10.5 Å². The van der Waals surface area contributed by atoms with Gasteiger partial charge in [0.25, 0.3) is 0 Å². The van der Waals surface area contributed by atoms with Gasteiger partial charge in [0.05, 0.1) is 6.61 Å². The third-order valence-corrected chi connectivity index (χ3v) is 2.64. The fourth-order valence-corrected chi connectivity index (χ4v) is 1.70. The van der Waals surface area contributed by atoms with Crippen molar-refractivity contribution in [3.8, 4) is 0 Å². The molecule has 0 aromatic heterocycles. The van der Waals surface area contributed by atoms with Crippen LogP contribution in [0.2, 0.25) is 0 Å². The van der Waals surface area contributed by atoms with Crippen molar-refractivity contribution >= 4 is 16.3 Å². The average Bonchev–Trinajstić information content (AvgIpc) is 2.11. The van der Waals surface area contributed by atoms with Crippen LogP contribution in [0.3, 0.4) is 0 Å². The predicted molar refractivity (Wildman–Crippen MR) is 60.0 cm³/mol. The highest BCUT2D eigenvalue weighted by atomic mass is 32.2. The van der Waals surface area contributed by atoms with Crippen LogP contribution in [0.25, 0.3) is 0 Å². The van der Waals surface area contributed by atoms with Gasteiger partial charge in [-0.1, -0.05) is 0 Å². The number of hydrogen-bond acceptors (Lipinski definition) is 5. The molecule has 0 spiro atoms. The first kappa shape index (κ1) is 15.1. The minimum absolute atomic E-state index is 0.0301. The van der Waals surface area contributed by atoms with Crippen LogP contribution in [0.15, 0.2) is 0 Å². The first-order valence-electron chi connectivity index (χ1n) is 5.07. The zero-order valence-corrected chi connectivity index (χ0v) is 10.3. The second-order valence-electron chi connectivity index (χ2n) is 3.34. The van der Waals surface area contributed by atoms with Crippen LogP contribution >= 0.6 is 0 Å². The highest BCUT2D eigenvalue weighted by Gasteiger charge is 2.13. The summed E-state index contributed by atoms with van der Waals surface area (Å²) in [5.74, 6) is 0. The van der Waals surface area contributed by atoms with Crippen LogP contribution in [0.1, 0.15) is 26.7 Å². The molecule has 0 rings (SSSR count). The molecule has 1 amide bonds. The lowest BCUT2D eigenvalue weighted by atomic mass is 10.2. The number of rotatable bonds is 7. The number of ether oxygens (including phenoxy) is 1. The summed E-state index contributed by atoms with van der Waals surface area (Å²) in [6.45, 7) is 3.77. The van der Waals surface area contributed by atoms with Gasteiger partial charge in [-0.2, -0.15) is 13.1 Å². The van der Waals surface area contributed by atoms with Crippen LogP contribution < -0.4 is 15.2 Å². The number of nitrogens with two attached hydrogens (primary N) is 1. The van der Waals surface area contributed by atoms with E-state index in [0.29, 0.717) is 12.8 Å². The molecule has 0 radical (unpaired) electrons. The predicted octanol–water partition coefficient (Wildman–Crippen LogP) is -0.306. The molecule has 0 fully saturated rings. The van der Waals surface area contributed by atoms with Gasteiger partial charge in [-0.3, -0.25) is 0 Å². The van der Waals surface area contributed by atoms with Gasteiger partial charge in [-0.05, 0) is 26.7 Å². The molecular weight excluding hydrogens is 234 g/mol. The van der Waals surface area contributed by atoms with Crippen LogP contribution in [0.4, 0.5) is 4.79 Å². The molecule has 0 heterocycles. The maximum absolute atomic E-state index is 11.2. The summed E-state index contributed by atoms with van der Waals surface area (Å²) in [6, 6.07) is 0.0301. The highest BCUT2D eigenvalue weighted by molar-refractivity contribution is 7.88. The van der Waals surface area contributed by atoms with E-state index in [9.17, 15) is 13.2 Å². The van der Waals surface area contributed by atoms with Crippen molar-refractivity contribution in [2.45, 2.75) is 32.7 Å². The van der Waals surface area contributed by atoms with Crippen molar-refractivity contribution in [1.82, 2.24) is 9.44 Å². The summed E-state index contributed by atoms with van der Waals surface area (Å²) in [4.78, 5) is 10.8. The third-order valence-electron chi connectivity index (χ3n) is 1.62. The van der Waals surface area contributed by atoms with Crippen LogP contribution in [0, 0.1) is 0 Å². The molecule has 1 unspecified atom stereocenters. The summed E-state index contributed by atoms with van der Waals surface area (Å²) in [5, 5.41) is 0. The highest BCUT2D eigenvalue weighted by Crippen LogP contribution is 1.92. The maximum atomic E-state index is 11.2. The zero-order chi connectivity index (χ0) is 12.6. The second-order valence-corrected chi connectivity index (χ2v) is 4.84. The second kappa shape index (κ2) is 7.42. The largest absolute Gasteiger partial charge is 0.449 e. The normalized spacial score (nSPS) is 13.2. The molecular formula is C8H19N3O4S. The topological polar surface area (TPSA) is 111 Å². The minimum atomic E-state index is -3.82. The molecule has 0 bridgehead atoms. The lowest BCUT2D eigenvalue weighted by Gasteiger charge is -2.08. The van der Waals surface area contributed by atoms with Gasteiger partial charge in [0.1, 0.15) is 0 Å². The molecule has 8 heteroatoms. The molecule has 16 heavy (non-hydrogen) atoms. The first-order valence-corrected chi connectivity index (χ1v) is 6.55. The number of nitrogens with one attached hydrogen (secondary N) is 2. The Kier molecular flexibility index (Phi) is 7.02. The summed E-state index contributed by atoms with van der Waals surface area (Å²) in [5.41, 5.74) is 5.50. The Hall–Kier alpha value is -0.860. The summed E-state index contributed by atoms with van der Waals surface area (Å²) in [6.07, 6.45) is 0.339. The Balaban J connectivity index is 3.83. The molecule has 96 valence electrons. The Morgan fingerprint density at radius 2 is 2.12 bits per heavy atom. The monoisotopic (exact) mass is 253 g/mol. The Morgan fingerprint density at radius 1 is 1.50 bits per heavy atom. The summed E-state index contributed by atoms with van der Waals surface area (Å²) < 4.78 is 30.8. The standard InChI is InChI=1S/C8H19N3O4S/c1-3-15-8(12)11-16(13,14)10-6-4-5-7(2)9/h7,10H,3-6,9H2,1-2H3,(H,11,12). The molecule has 0 aliphatic heterocycles. The molecule has 0 aliphatic rings. The molecule has 0 aromatic carbocycles. The van der Waals surface area contributed by atoms with Gasteiger partial charge in [0, 0.05) is 12.6 Å². The molecule has 0 saturated heterocycles. The average molecular weight is 253 g/mol. The van der Waals surface area contributed by atoms with E-state index in [1.54, 1.807) is 11.6 Å². The van der Waals surface area contributed by atoms with Crippen LogP contribution in [-0.4, -0.2) is 33.7 Å². The zero-order valence-electron chi connectivity index (χ0n) is 9.52. The van der Waals surface area contributed by atoms with Crippen molar-refractivity contribution in [1.29, 1.82) is 0 Å². The van der Waals surface area contributed by atoms with Crippen molar-refractivity contribution in [2.75, 3.05) is 13.2 Å². The van der Waals surface area contributed by atoms with Gasteiger partial charge >= 0.3 is 16.3 Å². The number of hydrogen-bond donors (Lipinski definition) is 3. The fraction of sp³-hybridized carbons (Fsp3) is 0.875. The number of carbonyl (C=O) groups excluding carboxylic acids is 1. The first-order chi connectivity index (χ1) is 7.37. The lowest BCUT2D eigenvalue weighted by molar-refractivity contribution is 0.158. The number of carbonyl (C=O) groups is 1. The van der Waals surface area contributed by atoms with E-state index in [2.05, 4.69) is 9.46 Å². The van der Waals surface area contributed by atoms with Crippen LogP contribution in [-0.2, 0) is 14.9 Å². The molecule has 0 aromatic rings. The Labute approximate surface area is 95.9 Å². The number of amides is 1. The quantitative estimate of drug-likeness (QED) is 0.539. The molecule has 7 nitrogen and oxygen atoms in total. The van der Waals surface area contributed by atoms with Crippen molar-refractivity contribution < 1.29 is 17.9 Å². The third kappa shape index (κ3) is 8.45. The van der Waals surface area contributed by atoms with E-state index in [1.165, 1.54) is 0 Å². The molecule has 1 atom stereocenters. The van der Waals surface area contributed by atoms with Gasteiger partial charge in [-0.15, -0.1) is 0 Å². The van der Waals surface area contributed by atoms with E-state index >= 15 is 0 Å². The Morgan fingerprint density at radius 3 is 2.62 bits per heavy atom. The lowest BCUT2D eigenvalue weighted by Crippen LogP contribution is -2.41. The Bertz CT molecular complexity index is 302. The van der Waals surface area contributed by atoms with E-state index in [4.69, 9.17) is 5.73 Å². The maximum Gasteiger partial charge on any atom is 0.421 e. The van der Waals surface area contributed by atoms with Gasteiger partial charge in [-0.25, -0.2) is 9.52 Å². The smallest absolute Gasteiger partial charge is 0.421 e. The van der Waals surface area contributed by atoms with Gasteiger partial charge in [0.15, 0.2) is 0 Å². The molecule has 0 saturated carbocycles. The molecule has 0 aliphatic carbocycles. The van der Waals surface area contributed by atoms with E-state index in [0.717, 1.165) is 0 Å². The van der Waals surface area contributed by atoms with E-state index < -0.39 is 16.3 Å². The van der Waals surface area contributed by atoms with E-state index in [1.807, 2.05) is 6.92 Å². The fourth-order valence-electron chi connectivity index (χ4n) is 0.937. The SMILES string of the molecule is CCOC(=O)NS(=O)(=O)NCCCC(C)N. The molecule has 4 N–H and O–H groups in total. The van der Waals surface area contributed by atoms with E-state index in [-0.39, 0.29) is 19.2 Å². The van der Waals surface area contributed by atoms with Gasteiger partial charge in [0.2, 0.25) is 0 Å². The van der Waals surface area contributed by atoms with Crippen molar-refractivity contribution in [2.24, 2.45) is 5.73 Å².